The molecule has 2 aromatic carbocycles. The van der Waals surface area contributed by atoms with Gasteiger partial charge in [-0.25, -0.2) is 0 Å². The molecular weight excluding hydrogens is 422 g/mol. The van der Waals surface area contributed by atoms with E-state index in [0.29, 0.717) is 36.1 Å². The van der Waals surface area contributed by atoms with E-state index in [1.54, 1.807) is 41.7 Å². The molecule has 32 heavy (non-hydrogen) atoms. The number of anilines is 2. The largest absolute Gasteiger partial charge is 0.494 e. The smallest absolute Gasteiger partial charge is 0.257 e. The number of thiophene rings is 1. The van der Waals surface area contributed by atoms with Gasteiger partial charge >= 0.3 is 0 Å². The molecule has 3 aromatic rings. The van der Waals surface area contributed by atoms with Gasteiger partial charge in [-0.1, -0.05) is 18.2 Å². The van der Waals surface area contributed by atoms with E-state index < -0.39 is 0 Å². The Balaban J connectivity index is 1.40. The van der Waals surface area contributed by atoms with Gasteiger partial charge in [-0.3, -0.25) is 14.5 Å². The van der Waals surface area contributed by atoms with E-state index in [1.165, 1.54) is 4.88 Å². The van der Waals surface area contributed by atoms with Gasteiger partial charge in [0.25, 0.3) is 5.91 Å². The lowest BCUT2D eigenvalue weighted by molar-refractivity contribution is -0.117. The topological polar surface area (TPSA) is 70.7 Å². The summed E-state index contributed by atoms with van der Waals surface area (Å²) in [5, 5.41) is 7.90. The van der Waals surface area contributed by atoms with Gasteiger partial charge in [0.05, 0.1) is 24.4 Å². The predicted octanol–water partition coefficient (Wildman–Crippen LogP) is 5.17. The van der Waals surface area contributed by atoms with Gasteiger partial charge in [0.15, 0.2) is 0 Å². The second-order valence-corrected chi connectivity index (χ2v) is 8.63. The number of carbonyl (C=O) groups excluding carboxylic acids is 2. The molecule has 0 saturated carbocycles. The molecule has 1 aromatic heterocycles. The first kappa shape index (κ1) is 22.0. The van der Waals surface area contributed by atoms with Crippen molar-refractivity contribution in [2.45, 2.75) is 25.8 Å². The van der Waals surface area contributed by atoms with Crippen LogP contribution in [0.15, 0.2) is 66.0 Å². The van der Waals surface area contributed by atoms with Crippen LogP contribution in [0.4, 0.5) is 11.4 Å². The van der Waals surface area contributed by atoms with Crippen molar-refractivity contribution in [3.63, 3.8) is 0 Å². The zero-order valence-electron chi connectivity index (χ0n) is 18.0. The average Bonchev–Trinajstić information content (AvgIpc) is 3.47. The maximum absolute atomic E-state index is 12.9. The van der Waals surface area contributed by atoms with E-state index in [1.807, 2.05) is 25.1 Å². The summed E-state index contributed by atoms with van der Waals surface area (Å²) in [5.74, 6) is 0.360. The summed E-state index contributed by atoms with van der Waals surface area (Å²) < 4.78 is 5.44. The Hall–Kier alpha value is -3.16. The molecule has 1 unspecified atom stereocenters. The second-order valence-electron chi connectivity index (χ2n) is 7.65. The van der Waals surface area contributed by atoms with Gasteiger partial charge in [0, 0.05) is 16.6 Å². The third-order valence-electron chi connectivity index (χ3n) is 5.45. The molecule has 0 spiro atoms. The van der Waals surface area contributed by atoms with Crippen molar-refractivity contribution in [3.8, 4) is 5.75 Å². The normalized spacial score (nSPS) is 16.0. The number of rotatable bonds is 8. The summed E-state index contributed by atoms with van der Waals surface area (Å²) in [4.78, 5) is 29.2. The molecular formula is C25H27N3O3S. The molecule has 2 N–H and O–H groups in total. The number of likely N-dealkylation sites (tertiary alicyclic amines) is 1. The monoisotopic (exact) mass is 449 g/mol. The molecule has 4 rings (SSSR count). The number of nitrogens with one attached hydrogen (secondary N) is 2. The minimum absolute atomic E-state index is 0.116. The van der Waals surface area contributed by atoms with Gasteiger partial charge in [0.2, 0.25) is 5.91 Å². The van der Waals surface area contributed by atoms with E-state index in [9.17, 15) is 9.59 Å². The minimum Gasteiger partial charge on any atom is -0.494 e. The maximum atomic E-state index is 12.9. The summed E-state index contributed by atoms with van der Waals surface area (Å²) in [7, 11) is 0. The number of hydrogen-bond acceptors (Lipinski definition) is 5. The van der Waals surface area contributed by atoms with Gasteiger partial charge in [0.1, 0.15) is 5.75 Å². The molecule has 1 saturated heterocycles. The van der Waals surface area contributed by atoms with Crippen LogP contribution >= 0.6 is 11.3 Å². The van der Waals surface area contributed by atoms with Crippen molar-refractivity contribution in [1.29, 1.82) is 0 Å². The highest BCUT2D eigenvalue weighted by atomic mass is 32.1. The van der Waals surface area contributed by atoms with Crippen LogP contribution in [0.1, 0.15) is 41.0 Å². The Bertz CT molecular complexity index is 1050. The predicted molar refractivity (Wildman–Crippen MR) is 129 cm³/mol. The zero-order valence-corrected chi connectivity index (χ0v) is 18.9. The first-order valence-electron chi connectivity index (χ1n) is 10.8. The molecule has 0 bridgehead atoms. The van der Waals surface area contributed by atoms with Crippen LogP contribution in [-0.2, 0) is 4.79 Å². The fourth-order valence-corrected chi connectivity index (χ4v) is 4.88. The molecule has 2 amide bonds. The molecule has 1 aliphatic heterocycles. The van der Waals surface area contributed by atoms with E-state index in [-0.39, 0.29) is 11.8 Å². The van der Waals surface area contributed by atoms with Crippen molar-refractivity contribution >= 4 is 34.5 Å². The number of carbonyl (C=O) groups is 2. The van der Waals surface area contributed by atoms with Gasteiger partial charge in [-0.15, -0.1) is 11.3 Å². The molecule has 6 nitrogen and oxygen atoms in total. The molecule has 166 valence electrons. The third kappa shape index (κ3) is 5.36. The number of hydrogen-bond donors (Lipinski definition) is 2. The van der Waals surface area contributed by atoms with E-state index in [4.69, 9.17) is 4.74 Å². The fraction of sp³-hybridized carbons (Fsp3) is 0.280. The van der Waals surface area contributed by atoms with E-state index in [0.717, 1.165) is 25.1 Å². The van der Waals surface area contributed by atoms with Crippen molar-refractivity contribution in [2.24, 2.45) is 0 Å². The van der Waals surface area contributed by atoms with Gasteiger partial charge in [-0.05, 0) is 74.2 Å². The number of benzene rings is 2. The lowest BCUT2D eigenvalue weighted by Gasteiger charge is -2.23. The fourth-order valence-electron chi connectivity index (χ4n) is 3.98. The van der Waals surface area contributed by atoms with E-state index >= 15 is 0 Å². The molecule has 1 aliphatic rings. The highest BCUT2D eigenvalue weighted by Crippen LogP contribution is 2.34. The maximum Gasteiger partial charge on any atom is 0.257 e. The Kier molecular flexibility index (Phi) is 7.19. The molecule has 0 radical (unpaired) electrons. The molecule has 1 fully saturated rings. The SMILES string of the molecule is CCOc1ccc(NC(=O)c2ccccc2NC(=O)CN2CCCC2c2cccs2)cc1. The summed E-state index contributed by atoms with van der Waals surface area (Å²) in [6.07, 6.45) is 2.14. The summed E-state index contributed by atoms with van der Waals surface area (Å²) in [6.45, 7) is 3.71. The Morgan fingerprint density at radius 2 is 1.88 bits per heavy atom. The lowest BCUT2D eigenvalue weighted by Crippen LogP contribution is -2.33. The standard InChI is InChI=1S/C25H27N3O3S/c1-2-31-19-13-11-18(12-14-19)26-25(30)20-7-3-4-8-21(20)27-24(29)17-28-15-5-9-22(28)23-10-6-16-32-23/h3-4,6-8,10-14,16,22H,2,5,9,15,17H2,1H3,(H,26,30)(H,27,29). The van der Waals surface area contributed by atoms with E-state index in [2.05, 4.69) is 33.0 Å². The summed E-state index contributed by atoms with van der Waals surface area (Å²) in [5.41, 5.74) is 1.59. The number of para-hydroxylation sites is 1. The van der Waals surface area contributed by atoms with Crippen molar-refractivity contribution in [2.75, 3.05) is 30.3 Å². The first-order valence-corrected chi connectivity index (χ1v) is 11.7. The molecule has 1 atom stereocenters. The molecule has 7 heteroatoms. The minimum atomic E-state index is -0.275. The van der Waals surface area contributed by atoms with Gasteiger partial charge in [-0.2, -0.15) is 0 Å². The average molecular weight is 450 g/mol. The number of amides is 2. The second kappa shape index (κ2) is 10.4. The van der Waals surface area contributed by atoms with Crippen molar-refractivity contribution in [1.82, 2.24) is 4.90 Å². The third-order valence-corrected chi connectivity index (χ3v) is 6.42. The Morgan fingerprint density at radius 3 is 2.62 bits per heavy atom. The van der Waals surface area contributed by atoms with Gasteiger partial charge < -0.3 is 15.4 Å². The Labute approximate surface area is 192 Å². The quantitative estimate of drug-likeness (QED) is 0.497. The van der Waals surface area contributed by atoms with Crippen LogP contribution in [-0.4, -0.2) is 36.4 Å². The van der Waals surface area contributed by atoms with Crippen molar-refractivity contribution in [3.05, 3.63) is 76.5 Å². The molecule has 2 heterocycles. The van der Waals surface area contributed by atoms with Crippen molar-refractivity contribution < 1.29 is 14.3 Å². The van der Waals surface area contributed by atoms with Crippen LogP contribution in [0, 0.1) is 0 Å². The van der Waals surface area contributed by atoms with Crippen LogP contribution in [0.3, 0.4) is 0 Å². The molecule has 0 aliphatic carbocycles. The van der Waals surface area contributed by atoms with Crippen LogP contribution in [0.5, 0.6) is 5.75 Å². The highest BCUT2D eigenvalue weighted by Gasteiger charge is 2.28. The summed E-state index contributed by atoms with van der Waals surface area (Å²) >= 11 is 1.73. The van der Waals surface area contributed by atoms with Crippen LogP contribution in [0.2, 0.25) is 0 Å². The summed E-state index contributed by atoms with van der Waals surface area (Å²) in [6, 6.07) is 18.8. The number of ether oxygens (including phenoxy) is 1. The first-order chi connectivity index (χ1) is 15.6. The zero-order chi connectivity index (χ0) is 22.3. The highest BCUT2D eigenvalue weighted by molar-refractivity contribution is 7.10. The lowest BCUT2D eigenvalue weighted by atomic mass is 10.1. The van der Waals surface area contributed by atoms with Crippen LogP contribution in [0.25, 0.3) is 0 Å². The number of nitrogens with zero attached hydrogens (tertiary/aromatic N) is 1. The van der Waals surface area contributed by atoms with Crippen LogP contribution < -0.4 is 15.4 Å². The Morgan fingerprint density at radius 1 is 1.06 bits per heavy atom.